The van der Waals surface area contributed by atoms with Crippen LogP contribution in [0.5, 0.6) is 11.5 Å². The molecule has 0 N–H and O–H groups in total. The number of benzene rings is 4. The Labute approximate surface area is 328 Å². The summed E-state index contributed by atoms with van der Waals surface area (Å²) in [5, 5.41) is 2.37. The van der Waals surface area contributed by atoms with Crippen molar-refractivity contribution in [3.8, 4) is 28.4 Å². The molecule has 2 aromatic heterocycles. The average molecular weight is 734 g/mol. The standard InChI is InChI=1S/C50H59N3O2/c1-30(2)39-15-14-16-40(31(3)4)46(39)33-23-34(47-52-50(13,29-54-47)32(5)6)25-38(24-33)55-37-18-19-41-42-26-35(48(7,8)9)17-20-43(42)53(44(41)28-37)45-27-36(21-22-51-45)49(10,11)12/h14-28,30-32H,29H2,1-13H3/t50-/m0/s1. The van der Waals surface area contributed by atoms with E-state index in [1.54, 1.807) is 0 Å². The molecule has 0 saturated heterocycles. The van der Waals surface area contributed by atoms with E-state index in [0.29, 0.717) is 30.3 Å². The van der Waals surface area contributed by atoms with Crippen molar-refractivity contribution >= 4 is 27.7 Å². The molecular formula is C50H59N3O2. The van der Waals surface area contributed by atoms with Crippen molar-refractivity contribution in [2.24, 2.45) is 10.9 Å². The van der Waals surface area contributed by atoms with Gasteiger partial charge in [-0.05, 0) is 123 Å². The van der Waals surface area contributed by atoms with Gasteiger partial charge >= 0.3 is 0 Å². The lowest BCUT2D eigenvalue weighted by molar-refractivity contribution is 0.224. The molecule has 6 aromatic rings. The number of aliphatic imine (C=N–C) groups is 1. The summed E-state index contributed by atoms with van der Waals surface area (Å²) in [6, 6.07) is 30.9. The highest BCUT2D eigenvalue weighted by Crippen LogP contribution is 2.42. The van der Waals surface area contributed by atoms with E-state index in [2.05, 4.69) is 180 Å². The molecule has 1 aliphatic heterocycles. The highest BCUT2D eigenvalue weighted by atomic mass is 16.5. The van der Waals surface area contributed by atoms with E-state index in [1.807, 2.05) is 6.20 Å². The number of rotatable bonds is 8. The maximum atomic E-state index is 6.95. The second-order valence-corrected chi connectivity index (χ2v) is 18.8. The average Bonchev–Trinajstić information content (AvgIpc) is 3.69. The molecule has 1 aliphatic rings. The molecule has 0 aliphatic carbocycles. The van der Waals surface area contributed by atoms with E-state index < -0.39 is 0 Å². The van der Waals surface area contributed by atoms with Gasteiger partial charge in [-0.25, -0.2) is 9.98 Å². The van der Waals surface area contributed by atoms with Crippen LogP contribution in [0.4, 0.5) is 0 Å². The SMILES string of the molecule is CC(C)c1cccc(C(C)C)c1-c1cc(Oc2ccc3c4cc(C(C)(C)C)ccc4n(-c4cc(C(C)(C)C)ccn4)c3c2)cc(C2=N[C@](C)(C(C)C)CO2)c1. The Balaban J connectivity index is 1.43. The Hall–Kier alpha value is -4.90. The van der Waals surface area contributed by atoms with Gasteiger partial charge in [0.1, 0.15) is 23.9 Å². The Morgan fingerprint density at radius 3 is 1.95 bits per heavy atom. The lowest BCUT2D eigenvalue weighted by Crippen LogP contribution is -2.30. The van der Waals surface area contributed by atoms with Crippen LogP contribution in [0.15, 0.2) is 96.1 Å². The third kappa shape index (κ3) is 7.31. The number of fused-ring (bicyclic) bond motifs is 3. The summed E-state index contributed by atoms with van der Waals surface area (Å²) < 4.78 is 15.6. The first-order valence-electron chi connectivity index (χ1n) is 20.1. The van der Waals surface area contributed by atoms with E-state index in [4.69, 9.17) is 19.5 Å². The summed E-state index contributed by atoms with van der Waals surface area (Å²) in [6.07, 6.45) is 1.93. The Bertz CT molecular complexity index is 2410. The van der Waals surface area contributed by atoms with Gasteiger partial charge in [-0.15, -0.1) is 0 Å². The van der Waals surface area contributed by atoms with Crippen molar-refractivity contribution in [3.05, 3.63) is 119 Å². The van der Waals surface area contributed by atoms with Crippen LogP contribution < -0.4 is 4.74 Å². The summed E-state index contributed by atoms with van der Waals surface area (Å²) in [5.41, 5.74) is 10.4. The normalized spacial score (nSPS) is 16.5. The minimum absolute atomic E-state index is 0.0162. The van der Waals surface area contributed by atoms with E-state index >= 15 is 0 Å². The Morgan fingerprint density at radius 1 is 0.673 bits per heavy atom. The van der Waals surface area contributed by atoms with E-state index in [9.17, 15) is 0 Å². The van der Waals surface area contributed by atoms with Crippen molar-refractivity contribution in [2.75, 3.05) is 6.61 Å². The minimum Gasteiger partial charge on any atom is -0.475 e. The molecule has 7 rings (SSSR count). The maximum Gasteiger partial charge on any atom is 0.216 e. The fraction of sp³-hybridized carbons (Fsp3) is 0.400. The van der Waals surface area contributed by atoms with Gasteiger partial charge in [0.15, 0.2) is 0 Å². The highest BCUT2D eigenvalue weighted by molar-refractivity contribution is 6.10. The van der Waals surface area contributed by atoms with Gasteiger partial charge in [0.05, 0.1) is 16.6 Å². The molecule has 55 heavy (non-hydrogen) atoms. The molecule has 286 valence electrons. The molecule has 1 atom stereocenters. The van der Waals surface area contributed by atoms with E-state index in [-0.39, 0.29) is 16.4 Å². The number of nitrogens with zero attached hydrogens (tertiary/aromatic N) is 3. The topological polar surface area (TPSA) is 48.6 Å². The lowest BCUT2D eigenvalue weighted by atomic mass is 9.84. The molecule has 0 unspecified atom stereocenters. The molecular weight excluding hydrogens is 675 g/mol. The number of aromatic nitrogens is 2. The van der Waals surface area contributed by atoms with Crippen LogP contribution in [0.25, 0.3) is 38.8 Å². The van der Waals surface area contributed by atoms with Gasteiger partial charge < -0.3 is 9.47 Å². The predicted molar refractivity (Wildman–Crippen MR) is 232 cm³/mol. The van der Waals surface area contributed by atoms with Gasteiger partial charge in [0.2, 0.25) is 5.90 Å². The third-order valence-corrected chi connectivity index (χ3v) is 11.6. The highest BCUT2D eigenvalue weighted by Gasteiger charge is 2.35. The monoisotopic (exact) mass is 733 g/mol. The first kappa shape index (κ1) is 38.4. The third-order valence-electron chi connectivity index (χ3n) is 11.6. The number of hydrogen-bond donors (Lipinski definition) is 0. The lowest BCUT2D eigenvalue weighted by Gasteiger charge is -2.22. The van der Waals surface area contributed by atoms with Gasteiger partial charge in [0, 0.05) is 28.6 Å². The molecule has 0 radical (unpaired) electrons. The van der Waals surface area contributed by atoms with Crippen molar-refractivity contribution in [1.29, 1.82) is 0 Å². The molecule has 0 amide bonds. The molecule has 0 fully saturated rings. The van der Waals surface area contributed by atoms with Crippen molar-refractivity contribution < 1.29 is 9.47 Å². The zero-order valence-corrected chi connectivity index (χ0v) is 35.3. The predicted octanol–water partition coefficient (Wildman–Crippen LogP) is 13.7. The van der Waals surface area contributed by atoms with E-state index in [0.717, 1.165) is 39.5 Å². The quantitative estimate of drug-likeness (QED) is 0.156. The zero-order valence-electron chi connectivity index (χ0n) is 35.3. The van der Waals surface area contributed by atoms with Crippen LogP contribution in [0.2, 0.25) is 0 Å². The van der Waals surface area contributed by atoms with Crippen LogP contribution in [0.1, 0.15) is 130 Å². The Kier molecular flexibility index (Phi) is 9.76. The number of hydrogen-bond acceptors (Lipinski definition) is 4. The number of ether oxygens (including phenoxy) is 2. The molecule has 5 nitrogen and oxygen atoms in total. The van der Waals surface area contributed by atoms with Crippen LogP contribution in [0.3, 0.4) is 0 Å². The van der Waals surface area contributed by atoms with Crippen molar-refractivity contribution in [1.82, 2.24) is 9.55 Å². The minimum atomic E-state index is -0.283. The largest absolute Gasteiger partial charge is 0.475 e. The summed E-state index contributed by atoms with van der Waals surface area (Å²) in [6.45, 7) is 29.8. The van der Waals surface area contributed by atoms with Crippen LogP contribution in [0, 0.1) is 5.92 Å². The fourth-order valence-electron chi connectivity index (χ4n) is 7.69. The van der Waals surface area contributed by atoms with Crippen molar-refractivity contribution in [2.45, 2.75) is 118 Å². The number of pyridine rings is 1. The second-order valence-electron chi connectivity index (χ2n) is 18.8. The summed E-state index contributed by atoms with van der Waals surface area (Å²) in [4.78, 5) is 10.1. The van der Waals surface area contributed by atoms with Gasteiger partial charge in [-0.2, -0.15) is 0 Å². The van der Waals surface area contributed by atoms with Crippen LogP contribution >= 0.6 is 0 Å². The van der Waals surface area contributed by atoms with Gasteiger partial charge in [-0.1, -0.05) is 107 Å². The molecule has 5 heteroatoms. The van der Waals surface area contributed by atoms with Crippen molar-refractivity contribution in [3.63, 3.8) is 0 Å². The molecule has 3 heterocycles. The van der Waals surface area contributed by atoms with Crippen LogP contribution in [-0.2, 0) is 15.6 Å². The zero-order chi connectivity index (χ0) is 39.6. The first-order valence-corrected chi connectivity index (χ1v) is 20.1. The molecule has 0 spiro atoms. The van der Waals surface area contributed by atoms with Gasteiger partial charge in [-0.3, -0.25) is 4.57 Å². The maximum absolute atomic E-state index is 6.95. The summed E-state index contributed by atoms with van der Waals surface area (Å²) in [5.74, 6) is 4.11. The molecule has 0 saturated carbocycles. The smallest absolute Gasteiger partial charge is 0.216 e. The molecule has 0 bridgehead atoms. The Morgan fingerprint density at radius 2 is 1.33 bits per heavy atom. The summed E-state index contributed by atoms with van der Waals surface area (Å²) >= 11 is 0. The molecule has 4 aromatic carbocycles. The van der Waals surface area contributed by atoms with E-state index in [1.165, 1.54) is 38.6 Å². The first-order chi connectivity index (χ1) is 25.8. The van der Waals surface area contributed by atoms with Gasteiger partial charge in [0.25, 0.3) is 0 Å². The fourth-order valence-corrected chi connectivity index (χ4v) is 7.69. The second kappa shape index (κ2) is 14.0. The van der Waals surface area contributed by atoms with Crippen LogP contribution in [-0.4, -0.2) is 27.6 Å². The summed E-state index contributed by atoms with van der Waals surface area (Å²) in [7, 11) is 0.